The highest BCUT2D eigenvalue weighted by molar-refractivity contribution is 6.32. The summed E-state index contributed by atoms with van der Waals surface area (Å²) in [4.78, 5) is 0. The number of nitrogens with zero attached hydrogens (tertiary/aromatic N) is 3. The number of benzene rings is 1. The Morgan fingerprint density at radius 3 is 2.35 bits per heavy atom. The molecule has 0 aliphatic carbocycles. The van der Waals surface area contributed by atoms with Crippen LogP contribution in [0.25, 0.3) is 5.69 Å². The van der Waals surface area contributed by atoms with Crippen molar-refractivity contribution in [1.82, 2.24) is 9.78 Å². The van der Waals surface area contributed by atoms with E-state index in [0.717, 1.165) is 16.8 Å². The molecule has 20 heavy (non-hydrogen) atoms. The van der Waals surface area contributed by atoms with Crippen LogP contribution in [-0.2, 0) is 6.18 Å². The van der Waals surface area contributed by atoms with Crippen molar-refractivity contribution < 1.29 is 22.8 Å². The van der Waals surface area contributed by atoms with E-state index >= 15 is 0 Å². The Morgan fingerprint density at radius 2 is 1.85 bits per heavy atom. The minimum Gasteiger partial charge on any atom is -0.411 e. The van der Waals surface area contributed by atoms with Crippen LogP contribution >= 0.6 is 11.6 Å². The molecule has 0 radical (unpaired) electrons. The lowest BCUT2D eigenvalue weighted by Gasteiger charge is -2.03. The van der Waals surface area contributed by atoms with Crippen molar-refractivity contribution in [1.29, 1.82) is 0 Å². The average molecular weight is 308 g/mol. The summed E-state index contributed by atoms with van der Waals surface area (Å²) in [5, 5.41) is 13.9. The normalized spacial score (nSPS) is 12.2. The molecule has 1 N–H and O–H groups in total. The maximum atomic E-state index is 12.8. The maximum Gasteiger partial charge on any atom is 0.435 e. The van der Waals surface area contributed by atoms with Gasteiger partial charge in [0.25, 0.3) is 0 Å². The summed E-state index contributed by atoms with van der Waals surface area (Å²) in [6.07, 6.45) is -4.23. The van der Waals surface area contributed by atoms with Crippen molar-refractivity contribution in [3.8, 4) is 5.69 Å². The molecule has 0 atom stereocenters. The third-order valence-corrected chi connectivity index (χ3v) is 2.75. The number of oxime groups is 1. The van der Waals surface area contributed by atoms with Crippen molar-refractivity contribution in [3.05, 3.63) is 46.5 Å². The van der Waals surface area contributed by atoms with E-state index in [0.29, 0.717) is 6.21 Å². The number of hydrogen-bond donors (Lipinski definition) is 1. The molecule has 0 unspecified atom stereocenters. The number of alkyl halides is 3. The van der Waals surface area contributed by atoms with Crippen molar-refractivity contribution in [3.63, 3.8) is 0 Å². The lowest BCUT2D eigenvalue weighted by molar-refractivity contribution is -0.141. The molecule has 1 aromatic heterocycles. The second kappa shape index (κ2) is 5.12. The molecule has 0 amide bonds. The average Bonchev–Trinajstić information content (AvgIpc) is 2.69. The maximum absolute atomic E-state index is 12.8. The van der Waals surface area contributed by atoms with Crippen LogP contribution in [-0.4, -0.2) is 21.2 Å². The highest BCUT2D eigenvalue weighted by Gasteiger charge is 2.38. The summed E-state index contributed by atoms with van der Waals surface area (Å²) in [5.41, 5.74) is -1.74. The Kier molecular flexibility index (Phi) is 3.67. The van der Waals surface area contributed by atoms with Crippen LogP contribution in [0.4, 0.5) is 17.6 Å². The molecule has 0 saturated heterocycles. The van der Waals surface area contributed by atoms with E-state index in [1.807, 2.05) is 0 Å². The summed E-state index contributed by atoms with van der Waals surface area (Å²) < 4.78 is 52.0. The SMILES string of the molecule is O/N=C/c1c(C(F)(F)F)nn(-c2ccc(F)cc2)c1Cl. The first-order chi connectivity index (χ1) is 9.34. The Bertz CT molecular complexity index is 649. The first-order valence-corrected chi connectivity index (χ1v) is 5.51. The largest absolute Gasteiger partial charge is 0.435 e. The summed E-state index contributed by atoms with van der Waals surface area (Å²) in [6, 6.07) is 4.54. The van der Waals surface area contributed by atoms with E-state index in [1.165, 1.54) is 12.1 Å². The molecule has 0 aliphatic rings. The molecular formula is C11H6ClF4N3O. The molecule has 9 heteroatoms. The fourth-order valence-electron chi connectivity index (χ4n) is 1.54. The Hall–Kier alpha value is -2.09. The molecule has 0 spiro atoms. The van der Waals surface area contributed by atoms with Crippen molar-refractivity contribution in [2.24, 2.45) is 5.16 Å². The molecule has 4 nitrogen and oxygen atoms in total. The fourth-order valence-corrected chi connectivity index (χ4v) is 1.82. The van der Waals surface area contributed by atoms with Gasteiger partial charge < -0.3 is 5.21 Å². The van der Waals surface area contributed by atoms with Crippen LogP contribution in [0.1, 0.15) is 11.3 Å². The molecule has 2 rings (SSSR count). The zero-order valence-corrected chi connectivity index (χ0v) is 10.3. The fraction of sp³-hybridized carbons (Fsp3) is 0.0909. The predicted octanol–water partition coefficient (Wildman–Crippen LogP) is 3.49. The second-order valence-corrected chi connectivity index (χ2v) is 4.04. The molecule has 0 bridgehead atoms. The monoisotopic (exact) mass is 307 g/mol. The Morgan fingerprint density at radius 1 is 1.25 bits per heavy atom. The number of halogens is 5. The van der Waals surface area contributed by atoms with Crippen LogP contribution < -0.4 is 0 Å². The van der Waals surface area contributed by atoms with E-state index in [4.69, 9.17) is 16.8 Å². The minimum atomic E-state index is -4.77. The quantitative estimate of drug-likeness (QED) is 0.399. The van der Waals surface area contributed by atoms with Gasteiger partial charge in [0, 0.05) is 0 Å². The van der Waals surface area contributed by atoms with Crippen LogP contribution in [0, 0.1) is 5.82 Å². The van der Waals surface area contributed by atoms with Gasteiger partial charge in [0.15, 0.2) is 5.69 Å². The lowest BCUT2D eigenvalue weighted by atomic mass is 10.2. The minimum absolute atomic E-state index is 0.138. The van der Waals surface area contributed by atoms with E-state index in [9.17, 15) is 17.6 Å². The van der Waals surface area contributed by atoms with Crippen LogP contribution in [0.15, 0.2) is 29.4 Å². The van der Waals surface area contributed by atoms with Gasteiger partial charge in [0.1, 0.15) is 11.0 Å². The van der Waals surface area contributed by atoms with Crippen LogP contribution in [0.3, 0.4) is 0 Å². The summed E-state index contributed by atoms with van der Waals surface area (Å²) in [6.45, 7) is 0. The smallest absolute Gasteiger partial charge is 0.411 e. The first-order valence-electron chi connectivity index (χ1n) is 5.13. The summed E-state index contributed by atoms with van der Waals surface area (Å²) >= 11 is 5.79. The van der Waals surface area contributed by atoms with Gasteiger partial charge in [-0.2, -0.15) is 18.3 Å². The molecule has 0 saturated carbocycles. The van der Waals surface area contributed by atoms with E-state index in [-0.39, 0.29) is 5.69 Å². The molecule has 1 heterocycles. The standard InChI is InChI=1S/C11H6ClF4N3O/c12-10-8(5-17-20)9(11(14,15)16)18-19(10)7-3-1-6(13)2-4-7/h1-5,20H/b17-5+. The van der Waals surface area contributed by atoms with Crippen LogP contribution in [0.2, 0.25) is 5.15 Å². The predicted molar refractivity (Wildman–Crippen MR) is 62.9 cm³/mol. The van der Waals surface area contributed by atoms with E-state index in [2.05, 4.69) is 10.3 Å². The zero-order valence-electron chi connectivity index (χ0n) is 9.57. The van der Waals surface area contributed by atoms with Gasteiger partial charge in [-0.3, -0.25) is 0 Å². The molecule has 2 aromatic rings. The topological polar surface area (TPSA) is 50.4 Å². The van der Waals surface area contributed by atoms with Gasteiger partial charge in [0.05, 0.1) is 17.5 Å². The van der Waals surface area contributed by atoms with Crippen molar-refractivity contribution >= 4 is 17.8 Å². The molecule has 0 aliphatic heterocycles. The van der Waals surface area contributed by atoms with Gasteiger partial charge >= 0.3 is 6.18 Å². The number of rotatable bonds is 2. The van der Waals surface area contributed by atoms with Gasteiger partial charge in [0.2, 0.25) is 0 Å². The third kappa shape index (κ3) is 2.60. The summed E-state index contributed by atoms with van der Waals surface area (Å²) in [5.74, 6) is -0.551. The summed E-state index contributed by atoms with van der Waals surface area (Å²) in [7, 11) is 0. The second-order valence-electron chi connectivity index (χ2n) is 3.68. The van der Waals surface area contributed by atoms with Crippen molar-refractivity contribution in [2.45, 2.75) is 6.18 Å². The molecule has 106 valence electrons. The highest BCUT2D eigenvalue weighted by Crippen LogP contribution is 2.34. The Labute approximate surface area is 114 Å². The van der Waals surface area contributed by atoms with Gasteiger partial charge in [-0.25, -0.2) is 9.07 Å². The number of aromatic nitrogens is 2. The first kappa shape index (κ1) is 14.3. The highest BCUT2D eigenvalue weighted by atomic mass is 35.5. The third-order valence-electron chi connectivity index (χ3n) is 2.39. The van der Waals surface area contributed by atoms with Gasteiger partial charge in [-0.1, -0.05) is 16.8 Å². The molecule has 0 fully saturated rings. The lowest BCUT2D eigenvalue weighted by Crippen LogP contribution is -2.09. The van der Waals surface area contributed by atoms with Gasteiger partial charge in [-0.15, -0.1) is 0 Å². The Balaban J connectivity index is 2.64. The molecule has 1 aromatic carbocycles. The van der Waals surface area contributed by atoms with Crippen LogP contribution in [0.5, 0.6) is 0 Å². The van der Waals surface area contributed by atoms with E-state index < -0.39 is 28.4 Å². The van der Waals surface area contributed by atoms with Crippen molar-refractivity contribution in [2.75, 3.05) is 0 Å². The van der Waals surface area contributed by atoms with Gasteiger partial charge in [-0.05, 0) is 24.3 Å². The zero-order chi connectivity index (χ0) is 14.9. The number of hydrogen-bond acceptors (Lipinski definition) is 3. The van der Waals surface area contributed by atoms with E-state index in [1.54, 1.807) is 0 Å². The molecular weight excluding hydrogens is 302 g/mol.